The number of ether oxygens (including phenoxy) is 1. The van der Waals surface area contributed by atoms with Gasteiger partial charge in [0.1, 0.15) is 11.4 Å². The number of aldehydes is 1. The third kappa shape index (κ3) is 1.43. The highest BCUT2D eigenvalue weighted by Gasteiger charge is 2.23. The van der Waals surface area contributed by atoms with Gasteiger partial charge in [0.15, 0.2) is 6.29 Å². The molecule has 1 aromatic rings. The minimum Gasteiger partial charge on any atom is -0.482 e. The Balaban J connectivity index is 2.56. The fraction of sp³-hybridized carbons (Fsp3) is 0.250. The maximum absolute atomic E-state index is 10.8. The number of para-hydroxylation sites is 1. The minimum atomic E-state index is -0.327. The van der Waals surface area contributed by atoms with Gasteiger partial charge in [-0.1, -0.05) is 18.2 Å². The van der Waals surface area contributed by atoms with E-state index < -0.39 is 0 Å². The Hall–Kier alpha value is -1.57. The third-order valence-corrected chi connectivity index (χ3v) is 2.23. The van der Waals surface area contributed by atoms with E-state index in [1.165, 1.54) is 0 Å². The molecule has 0 fully saturated rings. The molecule has 0 aromatic heterocycles. The zero-order valence-corrected chi connectivity index (χ0v) is 8.28. The average Bonchev–Trinajstić information content (AvgIpc) is 2.15. The SMILES string of the molecule is CC1(C)C=Cc2cccc(C=O)c2O1. The number of fused-ring (bicyclic) bond motifs is 1. The van der Waals surface area contributed by atoms with E-state index in [1.807, 2.05) is 38.1 Å². The summed E-state index contributed by atoms with van der Waals surface area (Å²) in [5.41, 5.74) is 1.25. The molecule has 0 atom stereocenters. The Morgan fingerprint density at radius 2 is 2.14 bits per heavy atom. The first-order valence-electron chi connectivity index (χ1n) is 4.59. The molecule has 72 valence electrons. The number of benzene rings is 1. The van der Waals surface area contributed by atoms with E-state index >= 15 is 0 Å². The lowest BCUT2D eigenvalue weighted by molar-refractivity contribution is 0.110. The van der Waals surface area contributed by atoms with Crippen molar-refractivity contribution in [3.05, 3.63) is 35.4 Å². The topological polar surface area (TPSA) is 26.3 Å². The summed E-state index contributed by atoms with van der Waals surface area (Å²) in [6.07, 6.45) is 4.81. The second-order valence-electron chi connectivity index (χ2n) is 3.92. The number of carbonyl (C=O) groups is 1. The van der Waals surface area contributed by atoms with Gasteiger partial charge in [0, 0.05) is 5.56 Å². The van der Waals surface area contributed by atoms with Crippen molar-refractivity contribution < 1.29 is 9.53 Å². The highest BCUT2D eigenvalue weighted by molar-refractivity contribution is 5.83. The quantitative estimate of drug-likeness (QED) is 0.633. The van der Waals surface area contributed by atoms with Gasteiger partial charge in [0.25, 0.3) is 0 Å². The Kier molecular flexibility index (Phi) is 1.92. The van der Waals surface area contributed by atoms with Gasteiger partial charge in [0.2, 0.25) is 0 Å². The van der Waals surface area contributed by atoms with Crippen LogP contribution in [0, 0.1) is 0 Å². The van der Waals surface area contributed by atoms with Crippen LogP contribution < -0.4 is 4.74 Å². The standard InChI is InChI=1S/C12H12O2/c1-12(2)7-6-9-4-3-5-10(8-13)11(9)14-12/h3-8H,1-2H3. The van der Waals surface area contributed by atoms with Crippen LogP contribution in [0.15, 0.2) is 24.3 Å². The van der Waals surface area contributed by atoms with E-state index in [2.05, 4.69) is 0 Å². The lowest BCUT2D eigenvalue weighted by atomic mass is 10.0. The lowest BCUT2D eigenvalue weighted by Crippen LogP contribution is -2.28. The van der Waals surface area contributed by atoms with E-state index in [0.29, 0.717) is 11.3 Å². The number of hydrogen-bond donors (Lipinski definition) is 0. The Bertz CT molecular complexity index is 403. The monoisotopic (exact) mass is 188 g/mol. The molecular weight excluding hydrogens is 176 g/mol. The molecule has 0 saturated heterocycles. The number of carbonyl (C=O) groups excluding carboxylic acids is 1. The van der Waals surface area contributed by atoms with Crippen molar-refractivity contribution in [1.82, 2.24) is 0 Å². The van der Waals surface area contributed by atoms with Crippen molar-refractivity contribution in [1.29, 1.82) is 0 Å². The molecule has 14 heavy (non-hydrogen) atoms. The summed E-state index contributed by atoms with van der Waals surface area (Å²) in [7, 11) is 0. The van der Waals surface area contributed by atoms with E-state index in [4.69, 9.17) is 4.74 Å². The smallest absolute Gasteiger partial charge is 0.153 e. The van der Waals surface area contributed by atoms with Gasteiger partial charge >= 0.3 is 0 Å². The molecule has 0 aliphatic carbocycles. The highest BCUT2D eigenvalue weighted by atomic mass is 16.5. The third-order valence-electron chi connectivity index (χ3n) is 2.23. The summed E-state index contributed by atoms with van der Waals surface area (Å²) in [6, 6.07) is 5.56. The molecule has 1 heterocycles. The maximum atomic E-state index is 10.8. The van der Waals surface area contributed by atoms with Crippen molar-refractivity contribution in [2.45, 2.75) is 19.4 Å². The molecule has 1 aliphatic rings. The van der Waals surface area contributed by atoms with E-state index in [0.717, 1.165) is 11.8 Å². The summed E-state index contributed by atoms with van der Waals surface area (Å²) < 4.78 is 5.72. The first-order valence-corrected chi connectivity index (χ1v) is 4.59. The van der Waals surface area contributed by atoms with Crippen LogP contribution >= 0.6 is 0 Å². The zero-order valence-electron chi connectivity index (χ0n) is 8.28. The molecule has 0 unspecified atom stereocenters. The predicted octanol–water partition coefficient (Wildman–Crippen LogP) is 2.68. The van der Waals surface area contributed by atoms with Crippen LogP contribution in [-0.4, -0.2) is 11.9 Å². The van der Waals surface area contributed by atoms with E-state index in [9.17, 15) is 4.79 Å². The van der Waals surface area contributed by atoms with Gasteiger partial charge in [0.05, 0.1) is 5.56 Å². The zero-order chi connectivity index (χ0) is 10.2. The van der Waals surface area contributed by atoms with Gasteiger partial charge in [-0.15, -0.1) is 0 Å². The summed E-state index contributed by atoms with van der Waals surface area (Å²) >= 11 is 0. The van der Waals surface area contributed by atoms with Crippen molar-refractivity contribution in [3.63, 3.8) is 0 Å². The first kappa shape index (κ1) is 9.00. The van der Waals surface area contributed by atoms with E-state index in [1.54, 1.807) is 6.07 Å². The van der Waals surface area contributed by atoms with Crippen molar-refractivity contribution >= 4 is 12.4 Å². The Morgan fingerprint density at radius 3 is 2.86 bits per heavy atom. The summed E-state index contributed by atoms with van der Waals surface area (Å²) in [4.78, 5) is 10.8. The molecule has 0 spiro atoms. The molecular formula is C12H12O2. The molecule has 2 heteroatoms. The van der Waals surface area contributed by atoms with Crippen molar-refractivity contribution in [2.24, 2.45) is 0 Å². The Labute approximate surface area is 83.2 Å². The fourth-order valence-corrected chi connectivity index (χ4v) is 1.50. The van der Waals surface area contributed by atoms with Crippen LogP contribution in [0.1, 0.15) is 29.8 Å². The first-order chi connectivity index (χ1) is 6.62. The number of hydrogen-bond acceptors (Lipinski definition) is 2. The average molecular weight is 188 g/mol. The largest absolute Gasteiger partial charge is 0.482 e. The maximum Gasteiger partial charge on any atom is 0.153 e. The molecule has 1 aromatic carbocycles. The molecule has 1 aliphatic heterocycles. The second kappa shape index (κ2) is 2.98. The summed E-state index contributed by atoms with van der Waals surface area (Å²) in [6.45, 7) is 3.93. The second-order valence-corrected chi connectivity index (χ2v) is 3.92. The van der Waals surface area contributed by atoms with Gasteiger partial charge < -0.3 is 4.74 Å². The van der Waals surface area contributed by atoms with Gasteiger partial charge in [-0.25, -0.2) is 0 Å². The van der Waals surface area contributed by atoms with Crippen LogP contribution in [0.25, 0.3) is 6.08 Å². The minimum absolute atomic E-state index is 0.327. The van der Waals surface area contributed by atoms with Gasteiger partial charge in [-0.2, -0.15) is 0 Å². The van der Waals surface area contributed by atoms with E-state index in [-0.39, 0.29) is 5.60 Å². The van der Waals surface area contributed by atoms with Gasteiger partial charge in [-0.05, 0) is 26.0 Å². The van der Waals surface area contributed by atoms with Crippen LogP contribution in [0.3, 0.4) is 0 Å². The number of rotatable bonds is 1. The van der Waals surface area contributed by atoms with Crippen LogP contribution in [0.4, 0.5) is 0 Å². The van der Waals surface area contributed by atoms with Crippen molar-refractivity contribution in [2.75, 3.05) is 0 Å². The Morgan fingerprint density at radius 1 is 1.36 bits per heavy atom. The molecule has 0 saturated carbocycles. The normalized spacial score (nSPS) is 17.0. The molecule has 0 radical (unpaired) electrons. The predicted molar refractivity (Wildman–Crippen MR) is 55.6 cm³/mol. The van der Waals surface area contributed by atoms with Crippen LogP contribution in [-0.2, 0) is 0 Å². The molecule has 2 rings (SSSR count). The van der Waals surface area contributed by atoms with Crippen LogP contribution in [0.2, 0.25) is 0 Å². The molecule has 2 nitrogen and oxygen atoms in total. The van der Waals surface area contributed by atoms with Crippen molar-refractivity contribution in [3.8, 4) is 5.75 Å². The molecule has 0 N–H and O–H groups in total. The summed E-state index contributed by atoms with van der Waals surface area (Å²) in [5.74, 6) is 0.690. The van der Waals surface area contributed by atoms with Gasteiger partial charge in [-0.3, -0.25) is 4.79 Å². The summed E-state index contributed by atoms with van der Waals surface area (Å²) in [5, 5.41) is 0. The molecule has 0 bridgehead atoms. The fourth-order valence-electron chi connectivity index (χ4n) is 1.50. The van der Waals surface area contributed by atoms with Crippen LogP contribution in [0.5, 0.6) is 5.75 Å². The molecule has 0 amide bonds. The highest BCUT2D eigenvalue weighted by Crippen LogP contribution is 2.32. The lowest BCUT2D eigenvalue weighted by Gasteiger charge is -2.28.